The van der Waals surface area contributed by atoms with Crippen LogP contribution in [-0.2, 0) is 4.79 Å². The number of rotatable bonds is 11. The molecular formula is C23H28O5. The van der Waals surface area contributed by atoms with Crippen molar-refractivity contribution in [2.75, 3.05) is 6.61 Å². The van der Waals surface area contributed by atoms with Gasteiger partial charge in [-0.3, -0.25) is 4.79 Å². The molecule has 0 aliphatic heterocycles. The van der Waals surface area contributed by atoms with Crippen LogP contribution in [-0.4, -0.2) is 18.5 Å². The van der Waals surface area contributed by atoms with Crippen LogP contribution in [0.5, 0.6) is 17.2 Å². The number of esters is 2. The van der Waals surface area contributed by atoms with Gasteiger partial charge < -0.3 is 14.2 Å². The fourth-order valence-electron chi connectivity index (χ4n) is 2.47. The molecule has 0 saturated heterocycles. The minimum Gasteiger partial charge on any atom is -0.494 e. The Balaban J connectivity index is 1.84. The molecule has 0 unspecified atom stereocenters. The number of unbranched alkanes of at least 4 members (excludes halogenated alkanes) is 3. The third-order valence-electron chi connectivity index (χ3n) is 4.11. The van der Waals surface area contributed by atoms with Crippen molar-refractivity contribution in [1.82, 2.24) is 0 Å². The van der Waals surface area contributed by atoms with Gasteiger partial charge in [0.2, 0.25) is 0 Å². The molecule has 0 radical (unpaired) electrons. The number of ether oxygens (including phenoxy) is 3. The first-order chi connectivity index (χ1) is 13.6. The predicted octanol–water partition coefficient (Wildman–Crippen LogP) is 5.57. The first-order valence-corrected chi connectivity index (χ1v) is 9.88. The van der Waals surface area contributed by atoms with Crippen LogP contribution in [0.1, 0.15) is 62.7 Å². The van der Waals surface area contributed by atoms with Gasteiger partial charge in [0.05, 0.1) is 12.2 Å². The van der Waals surface area contributed by atoms with Gasteiger partial charge in [0.1, 0.15) is 17.2 Å². The van der Waals surface area contributed by atoms with E-state index in [4.69, 9.17) is 14.2 Å². The molecule has 0 bridgehead atoms. The lowest BCUT2D eigenvalue weighted by Gasteiger charge is -2.08. The maximum Gasteiger partial charge on any atom is 0.343 e. The summed E-state index contributed by atoms with van der Waals surface area (Å²) in [5, 5.41) is 0. The molecule has 0 fully saturated rings. The summed E-state index contributed by atoms with van der Waals surface area (Å²) in [6, 6.07) is 13.3. The molecule has 28 heavy (non-hydrogen) atoms. The summed E-state index contributed by atoms with van der Waals surface area (Å²) in [6.45, 7) is 4.86. The van der Waals surface area contributed by atoms with Crippen molar-refractivity contribution in [3.8, 4) is 17.2 Å². The van der Waals surface area contributed by atoms with Gasteiger partial charge >= 0.3 is 11.9 Å². The van der Waals surface area contributed by atoms with Crippen LogP contribution in [0.4, 0.5) is 0 Å². The first-order valence-electron chi connectivity index (χ1n) is 9.88. The molecule has 0 heterocycles. The lowest BCUT2D eigenvalue weighted by Crippen LogP contribution is -2.10. The predicted molar refractivity (Wildman–Crippen MR) is 108 cm³/mol. The van der Waals surface area contributed by atoms with Crippen LogP contribution in [0.3, 0.4) is 0 Å². The molecule has 0 aliphatic rings. The van der Waals surface area contributed by atoms with Crippen molar-refractivity contribution in [2.45, 2.75) is 52.4 Å². The molecule has 5 nitrogen and oxygen atoms in total. The number of hydrogen-bond donors (Lipinski definition) is 0. The van der Waals surface area contributed by atoms with Crippen molar-refractivity contribution in [1.29, 1.82) is 0 Å². The molecule has 2 aromatic carbocycles. The van der Waals surface area contributed by atoms with E-state index in [1.54, 1.807) is 48.5 Å². The summed E-state index contributed by atoms with van der Waals surface area (Å²) in [7, 11) is 0. The Morgan fingerprint density at radius 2 is 1.29 bits per heavy atom. The van der Waals surface area contributed by atoms with Crippen molar-refractivity contribution in [2.24, 2.45) is 0 Å². The lowest BCUT2D eigenvalue weighted by atomic mass is 10.2. The smallest absolute Gasteiger partial charge is 0.343 e. The van der Waals surface area contributed by atoms with Gasteiger partial charge in [-0.15, -0.1) is 0 Å². The molecule has 0 amide bonds. The Kier molecular flexibility index (Phi) is 9.05. The molecule has 0 saturated carbocycles. The maximum absolute atomic E-state index is 12.3. The van der Waals surface area contributed by atoms with Crippen LogP contribution in [0.15, 0.2) is 48.5 Å². The van der Waals surface area contributed by atoms with E-state index in [9.17, 15) is 9.59 Å². The van der Waals surface area contributed by atoms with Crippen LogP contribution in [0.25, 0.3) is 0 Å². The Bertz CT molecular complexity index is 735. The number of benzene rings is 2. The van der Waals surface area contributed by atoms with E-state index < -0.39 is 5.97 Å². The van der Waals surface area contributed by atoms with Crippen molar-refractivity contribution in [3.63, 3.8) is 0 Å². The Labute approximate surface area is 166 Å². The minimum absolute atomic E-state index is 0.259. The Morgan fingerprint density at radius 1 is 0.714 bits per heavy atom. The second-order valence-corrected chi connectivity index (χ2v) is 6.52. The van der Waals surface area contributed by atoms with Gasteiger partial charge in [0, 0.05) is 6.42 Å². The molecule has 0 aromatic heterocycles. The number of hydrogen-bond acceptors (Lipinski definition) is 5. The Hall–Kier alpha value is -2.82. The summed E-state index contributed by atoms with van der Waals surface area (Å²) >= 11 is 0. The zero-order chi connectivity index (χ0) is 20.2. The molecule has 150 valence electrons. The van der Waals surface area contributed by atoms with E-state index in [2.05, 4.69) is 13.8 Å². The first kappa shape index (κ1) is 21.5. The molecule has 0 N–H and O–H groups in total. The van der Waals surface area contributed by atoms with Gasteiger partial charge in [0.15, 0.2) is 0 Å². The van der Waals surface area contributed by atoms with E-state index >= 15 is 0 Å². The highest BCUT2D eigenvalue weighted by atomic mass is 16.5. The fraction of sp³-hybridized carbons (Fsp3) is 0.391. The van der Waals surface area contributed by atoms with E-state index in [0.717, 1.165) is 37.9 Å². The highest BCUT2D eigenvalue weighted by Crippen LogP contribution is 2.20. The normalized spacial score (nSPS) is 10.4. The molecule has 2 rings (SSSR count). The summed E-state index contributed by atoms with van der Waals surface area (Å²) in [6.07, 6.45) is 5.36. The van der Waals surface area contributed by atoms with Crippen molar-refractivity contribution >= 4 is 11.9 Å². The SMILES string of the molecule is CCCCCC(=O)Oc1ccc(C(=O)Oc2ccc(OCCCC)cc2)cc1. The lowest BCUT2D eigenvalue weighted by molar-refractivity contribution is -0.134. The van der Waals surface area contributed by atoms with Gasteiger partial charge in [-0.25, -0.2) is 4.79 Å². The van der Waals surface area contributed by atoms with Crippen molar-refractivity contribution < 1.29 is 23.8 Å². The van der Waals surface area contributed by atoms with Gasteiger partial charge in [-0.1, -0.05) is 33.1 Å². The standard InChI is InChI=1S/C23H28O5/c1-3-5-7-8-22(24)27-20-11-9-18(10-12-20)23(25)28-21-15-13-19(14-16-21)26-17-6-4-2/h9-16H,3-8,17H2,1-2H3. The quantitative estimate of drug-likeness (QED) is 0.288. The van der Waals surface area contributed by atoms with E-state index in [1.165, 1.54) is 0 Å². The second-order valence-electron chi connectivity index (χ2n) is 6.52. The Morgan fingerprint density at radius 3 is 1.93 bits per heavy atom. The maximum atomic E-state index is 12.3. The van der Waals surface area contributed by atoms with Crippen LogP contribution in [0, 0.1) is 0 Å². The van der Waals surface area contributed by atoms with Crippen LogP contribution in [0.2, 0.25) is 0 Å². The van der Waals surface area contributed by atoms with Crippen molar-refractivity contribution in [3.05, 3.63) is 54.1 Å². The molecule has 0 aliphatic carbocycles. The average molecular weight is 384 g/mol. The number of carbonyl (C=O) groups excluding carboxylic acids is 2. The van der Waals surface area contributed by atoms with Gasteiger partial charge in [0.25, 0.3) is 0 Å². The topological polar surface area (TPSA) is 61.8 Å². The summed E-state index contributed by atoms with van der Waals surface area (Å²) in [5.41, 5.74) is 0.383. The van der Waals surface area contributed by atoms with E-state index in [-0.39, 0.29) is 5.97 Å². The number of carbonyl (C=O) groups is 2. The summed E-state index contributed by atoms with van der Waals surface area (Å²) < 4.78 is 16.2. The zero-order valence-electron chi connectivity index (χ0n) is 16.6. The van der Waals surface area contributed by atoms with E-state index in [1.807, 2.05) is 0 Å². The van der Waals surface area contributed by atoms with Crippen LogP contribution >= 0.6 is 0 Å². The zero-order valence-corrected chi connectivity index (χ0v) is 16.6. The van der Waals surface area contributed by atoms with Gasteiger partial charge in [-0.2, -0.15) is 0 Å². The second kappa shape index (κ2) is 11.8. The molecular weight excluding hydrogens is 356 g/mol. The monoisotopic (exact) mass is 384 g/mol. The highest BCUT2D eigenvalue weighted by Gasteiger charge is 2.10. The van der Waals surface area contributed by atoms with E-state index in [0.29, 0.717) is 30.1 Å². The summed E-state index contributed by atoms with van der Waals surface area (Å²) in [5.74, 6) is 0.884. The van der Waals surface area contributed by atoms with Gasteiger partial charge in [-0.05, 0) is 61.4 Å². The van der Waals surface area contributed by atoms with Crippen LogP contribution < -0.4 is 14.2 Å². The molecule has 0 atom stereocenters. The third-order valence-corrected chi connectivity index (χ3v) is 4.11. The average Bonchev–Trinajstić information content (AvgIpc) is 2.70. The molecule has 5 heteroatoms. The summed E-state index contributed by atoms with van der Waals surface area (Å²) in [4.78, 5) is 24.0. The fourth-order valence-corrected chi connectivity index (χ4v) is 2.47. The minimum atomic E-state index is -0.472. The largest absolute Gasteiger partial charge is 0.494 e. The third kappa shape index (κ3) is 7.43. The highest BCUT2D eigenvalue weighted by molar-refractivity contribution is 5.91. The molecule has 2 aromatic rings. The molecule has 0 spiro atoms.